The molecule has 0 saturated carbocycles. The second kappa shape index (κ2) is 14.4. The summed E-state index contributed by atoms with van der Waals surface area (Å²) in [6.45, 7) is 7.68. The molecule has 2 aliphatic rings. The zero-order valence-electron chi connectivity index (χ0n) is 23.6. The molecule has 1 aromatic rings. The third kappa shape index (κ3) is 7.93. The number of carbonyl (C=O) groups is 4. The second-order valence-electron chi connectivity index (χ2n) is 10.8. The molecule has 1 aromatic carbocycles. The van der Waals surface area contributed by atoms with Crippen molar-refractivity contribution in [3.8, 4) is 0 Å². The monoisotopic (exact) mass is 613 g/mol. The Hall–Kier alpha value is -2.82. The molecule has 1 fully saturated rings. The van der Waals surface area contributed by atoms with Crippen LogP contribution >= 0.6 is 23.2 Å². The molecule has 2 atom stereocenters. The molecule has 12 heteroatoms. The Bertz CT molecular complexity index is 1170. The lowest BCUT2D eigenvalue weighted by atomic mass is 9.71. The Kier molecular flexibility index (Phi) is 12.1. The summed E-state index contributed by atoms with van der Waals surface area (Å²) in [6, 6.07) is 4.94. The predicted octanol–water partition coefficient (Wildman–Crippen LogP) is 4.81. The van der Waals surface area contributed by atoms with E-state index >= 15 is 0 Å². The number of hydrogen-bond acceptors (Lipinski definition) is 7. The first-order chi connectivity index (χ1) is 18.8. The van der Waals surface area contributed by atoms with Crippen molar-refractivity contribution < 1.29 is 33.4 Å². The molecule has 0 spiro atoms. The van der Waals surface area contributed by atoms with Gasteiger partial charge in [-0.25, -0.2) is 4.79 Å². The highest BCUT2D eigenvalue weighted by molar-refractivity contribution is 6.35. The minimum atomic E-state index is -1.62. The number of nitrogens with zero attached hydrogens (tertiary/aromatic N) is 2. The van der Waals surface area contributed by atoms with Crippen LogP contribution in [-0.4, -0.2) is 79.2 Å². The Morgan fingerprint density at radius 3 is 2.51 bits per heavy atom. The van der Waals surface area contributed by atoms with Crippen LogP contribution in [-0.2, 0) is 35.1 Å². The quantitative estimate of drug-likeness (QED) is 0.297. The number of halogens is 2. The van der Waals surface area contributed by atoms with E-state index in [9.17, 15) is 19.2 Å². The molecule has 3 amide bonds. The number of rotatable bonds is 10. The first kappa shape index (κ1) is 34.4. The smallest absolute Gasteiger partial charge is 0.410 e. The van der Waals surface area contributed by atoms with E-state index in [1.165, 1.54) is 9.80 Å². The van der Waals surface area contributed by atoms with Crippen LogP contribution in [0.2, 0.25) is 10.0 Å². The van der Waals surface area contributed by atoms with E-state index in [2.05, 4.69) is 5.32 Å². The van der Waals surface area contributed by atoms with Gasteiger partial charge in [0.05, 0.1) is 19.1 Å². The van der Waals surface area contributed by atoms with Crippen molar-refractivity contribution in [3.63, 3.8) is 0 Å². The summed E-state index contributed by atoms with van der Waals surface area (Å²) >= 11 is 12.5. The van der Waals surface area contributed by atoms with Gasteiger partial charge in [0.2, 0.25) is 11.8 Å². The molecule has 2 aliphatic heterocycles. The Balaban J connectivity index is 0.00000588. The molecule has 41 heavy (non-hydrogen) atoms. The average molecular weight is 615 g/mol. The van der Waals surface area contributed by atoms with Gasteiger partial charge in [0.1, 0.15) is 11.0 Å². The van der Waals surface area contributed by atoms with Gasteiger partial charge in [-0.15, -0.1) is 0 Å². The van der Waals surface area contributed by atoms with E-state index in [0.29, 0.717) is 40.9 Å². The van der Waals surface area contributed by atoms with Crippen molar-refractivity contribution in [1.82, 2.24) is 15.1 Å². The minimum absolute atomic E-state index is 0. The van der Waals surface area contributed by atoms with Crippen molar-refractivity contribution in [2.45, 2.75) is 60.1 Å². The summed E-state index contributed by atoms with van der Waals surface area (Å²) in [6.07, 6.45) is 1.32. The van der Waals surface area contributed by atoms with E-state index in [0.717, 1.165) is 0 Å². The second-order valence-corrected chi connectivity index (χ2v) is 11.6. The van der Waals surface area contributed by atoms with Crippen molar-refractivity contribution in [1.29, 1.82) is 0 Å². The highest BCUT2D eigenvalue weighted by Crippen LogP contribution is 2.51. The Morgan fingerprint density at radius 2 is 1.90 bits per heavy atom. The number of hydrogen-bond donors (Lipinski definition) is 1. The summed E-state index contributed by atoms with van der Waals surface area (Å²) < 4.78 is 16.1. The van der Waals surface area contributed by atoms with Gasteiger partial charge >= 0.3 is 12.1 Å². The molecule has 0 aromatic heterocycles. The zero-order chi connectivity index (χ0) is 29.7. The lowest BCUT2D eigenvalue weighted by Crippen LogP contribution is -2.54. The number of methoxy groups -OCH3 is 1. The van der Waals surface area contributed by atoms with Gasteiger partial charge < -0.3 is 29.3 Å². The maximum Gasteiger partial charge on any atom is 0.410 e. The summed E-state index contributed by atoms with van der Waals surface area (Å²) in [5.74, 6) is -2.66. The highest BCUT2D eigenvalue weighted by atomic mass is 35.5. The molecule has 2 unspecified atom stereocenters. The van der Waals surface area contributed by atoms with Crippen LogP contribution in [0.25, 0.3) is 0 Å². The Labute approximate surface area is 252 Å². The summed E-state index contributed by atoms with van der Waals surface area (Å²) in [5, 5.41) is 3.59. The third-order valence-corrected chi connectivity index (χ3v) is 7.31. The summed E-state index contributed by atoms with van der Waals surface area (Å²) in [5.41, 5.74) is -1.41. The van der Waals surface area contributed by atoms with Crippen LogP contribution in [0.4, 0.5) is 4.79 Å². The fraction of sp³-hybridized carbons (Fsp3) is 0.586. The topological polar surface area (TPSA) is 114 Å². The number of nitrogens with one attached hydrogen (secondary N) is 1. The molecule has 3 rings (SSSR count). The summed E-state index contributed by atoms with van der Waals surface area (Å²) in [7, 11) is 1.57. The van der Waals surface area contributed by atoms with E-state index in [-0.39, 0.29) is 40.1 Å². The van der Waals surface area contributed by atoms with E-state index in [4.69, 9.17) is 37.4 Å². The molecule has 10 nitrogen and oxygen atoms in total. The van der Waals surface area contributed by atoms with Crippen LogP contribution < -0.4 is 5.32 Å². The number of carbonyl (C=O) groups excluding carboxylic acids is 4. The number of fused-ring (bicyclic) bond motifs is 1. The van der Waals surface area contributed by atoms with Crippen LogP contribution in [0, 0.1) is 11.3 Å². The van der Waals surface area contributed by atoms with Crippen LogP contribution in [0.15, 0.2) is 30.0 Å². The molecule has 0 radical (unpaired) electrons. The maximum absolute atomic E-state index is 14.1. The molecule has 0 aliphatic carbocycles. The van der Waals surface area contributed by atoms with Gasteiger partial charge in [0.25, 0.3) is 0 Å². The first-order valence-corrected chi connectivity index (χ1v) is 14.0. The zero-order valence-corrected chi connectivity index (χ0v) is 25.1. The van der Waals surface area contributed by atoms with Crippen molar-refractivity contribution in [2.75, 3.05) is 40.0 Å². The summed E-state index contributed by atoms with van der Waals surface area (Å²) in [4.78, 5) is 56.8. The predicted molar refractivity (Wildman–Crippen MR) is 156 cm³/mol. The molecular formula is C29H41Cl2N3O7. The average Bonchev–Trinajstić information content (AvgIpc) is 3.10. The number of ether oxygens (including phenoxy) is 3. The third-order valence-electron chi connectivity index (χ3n) is 6.72. The van der Waals surface area contributed by atoms with Crippen molar-refractivity contribution in [3.05, 3.63) is 45.6 Å². The largest absolute Gasteiger partial charge is 0.465 e. The molecule has 228 valence electrons. The SMILES string of the molecule is C.CCOC(=O)C12CN(C(=O)OC(C)(C)C)CC=C1N(Cc1ccc(Cl)cc1Cl)C(=O)C2CC(=O)NCCCOC. The van der Waals surface area contributed by atoms with Crippen LogP contribution in [0.1, 0.15) is 53.5 Å². The van der Waals surface area contributed by atoms with Crippen LogP contribution in [0.3, 0.4) is 0 Å². The van der Waals surface area contributed by atoms with Gasteiger partial charge in [-0.1, -0.05) is 36.7 Å². The number of esters is 1. The van der Waals surface area contributed by atoms with Gasteiger partial charge in [-0.2, -0.15) is 0 Å². The standard InChI is InChI=1S/C28H37Cl2N3O7.CH4/c1-6-39-25(36)28-17-32(26(37)40-27(2,3)4)12-10-22(28)33(16-18-8-9-19(29)14-21(18)30)24(35)20(28)15-23(34)31-11-7-13-38-5;/h8-10,14,20H,6-7,11-13,15-17H2,1-5H3,(H,31,34);1H4. The van der Waals surface area contributed by atoms with Gasteiger partial charge in [-0.3, -0.25) is 14.4 Å². The number of amides is 3. The van der Waals surface area contributed by atoms with Gasteiger partial charge in [0.15, 0.2) is 0 Å². The Morgan fingerprint density at radius 1 is 1.20 bits per heavy atom. The molecule has 1 N–H and O–H groups in total. The van der Waals surface area contributed by atoms with Crippen molar-refractivity contribution in [2.24, 2.45) is 11.3 Å². The number of benzene rings is 1. The van der Waals surface area contributed by atoms with Gasteiger partial charge in [-0.05, 0) is 57.9 Å². The van der Waals surface area contributed by atoms with Gasteiger partial charge in [0, 0.05) is 55.5 Å². The molecule has 0 bridgehead atoms. The fourth-order valence-corrected chi connectivity index (χ4v) is 5.43. The molecular weight excluding hydrogens is 573 g/mol. The normalized spacial score (nSPS) is 20.1. The van der Waals surface area contributed by atoms with Crippen LogP contribution in [0.5, 0.6) is 0 Å². The minimum Gasteiger partial charge on any atom is -0.465 e. The first-order valence-electron chi connectivity index (χ1n) is 13.2. The number of likely N-dealkylation sites (tertiary alicyclic amines) is 1. The fourth-order valence-electron chi connectivity index (χ4n) is 4.97. The maximum atomic E-state index is 14.1. The lowest BCUT2D eigenvalue weighted by molar-refractivity contribution is -0.158. The van der Waals surface area contributed by atoms with Crippen molar-refractivity contribution >= 4 is 47.1 Å². The van der Waals surface area contributed by atoms with E-state index in [1.807, 2.05) is 0 Å². The van der Waals surface area contributed by atoms with E-state index in [1.54, 1.807) is 59.1 Å². The highest BCUT2D eigenvalue weighted by Gasteiger charge is 2.64. The molecule has 1 saturated heterocycles. The lowest BCUT2D eigenvalue weighted by Gasteiger charge is -2.40. The van der Waals surface area contributed by atoms with E-state index < -0.39 is 40.8 Å². The molecule has 2 heterocycles.